The molecule has 2 atom stereocenters. The molecule has 0 saturated heterocycles. The third-order valence-corrected chi connectivity index (χ3v) is 5.10. The topological polar surface area (TPSA) is 73.9 Å². The number of alkyl halides is 3. The van der Waals surface area contributed by atoms with Gasteiger partial charge in [0.2, 0.25) is 5.91 Å². The van der Waals surface area contributed by atoms with E-state index < -0.39 is 30.6 Å². The largest absolute Gasteiger partial charge is 0.490 e. The molecular weight excluding hydrogens is 415 g/mol. The third-order valence-electron chi connectivity index (χ3n) is 5.10. The van der Waals surface area contributed by atoms with E-state index in [9.17, 15) is 22.8 Å². The number of halogens is 3. The first kappa shape index (κ1) is 24.8. The van der Waals surface area contributed by atoms with Gasteiger partial charge in [-0.05, 0) is 50.8 Å². The fourth-order valence-electron chi connectivity index (χ4n) is 3.70. The lowest BCUT2D eigenvalue weighted by Gasteiger charge is -2.29. The van der Waals surface area contributed by atoms with Crippen LogP contribution in [0.3, 0.4) is 0 Å². The van der Waals surface area contributed by atoms with Gasteiger partial charge >= 0.3 is 12.1 Å². The molecule has 0 aliphatic heterocycles. The van der Waals surface area contributed by atoms with Crippen LogP contribution in [0.25, 0.3) is 0 Å². The highest BCUT2D eigenvalue weighted by Crippen LogP contribution is 2.32. The molecule has 1 amide bonds. The molecule has 1 saturated carbocycles. The van der Waals surface area contributed by atoms with Crippen molar-refractivity contribution < 1.29 is 37.0 Å². The second-order valence-corrected chi connectivity index (χ2v) is 7.41. The van der Waals surface area contributed by atoms with E-state index in [2.05, 4.69) is 10.1 Å². The van der Waals surface area contributed by atoms with Crippen molar-refractivity contribution in [2.45, 2.75) is 52.1 Å². The molecule has 1 N–H and O–H groups in total. The standard InChI is InChI=1S/C22H30F3NO5/c1-3-29-18-10-9-15(13-19(18)30-4-2)11-12-26-20(27)16-7-5-6-8-17(16)21(28)31-14-22(23,24)25/h9-10,13,16-17H,3-8,11-12,14H2,1-2H3,(H,26,27)/t16-,17+/m1/s1. The van der Waals surface area contributed by atoms with E-state index in [0.29, 0.717) is 56.9 Å². The average Bonchev–Trinajstić information content (AvgIpc) is 2.73. The first-order chi connectivity index (χ1) is 14.7. The summed E-state index contributed by atoms with van der Waals surface area (Å²) in [6, 6.07) is 5.57. The van der Waals surface area contributed by atoms with Crippen LogP contribution in [-0.4, -0.2) is 44.4 Å². The van der Waals surface area contributed by atoms with Crippen molar-refractivity contribution in [2.75, 3.05) is 26.4 Å². The van der Waals surface area contributed by atoms with Crippen molar-refractivity contribution in [3.63, 3.8) is 0 Å². The van der Waals surface area contributed by atoms with Gasteiger partial charge in [-0.3, -0.25) is 9.59 Å². The SMILES string of the molecule is CCOc1ccc(CCNC(=O)[C@@H]2CCCC[C@@H]2C(=O)OCC(F)(F)F)cc1OCC. The zero-order chi connectivity index (χ0) is 22.9. The predicted molar refractivity (Wildman–Crippen MR) is 108 cm³/mol. The van der Waals surface area contributed by atoms with Gasteiger partial charge in [-0.15, -0.1) is 0 Å². The molecule has 31 heavy (non-hydrogen) atoms. The molecule has 1 fully saturated rings. The molecule has 0 spiro atoms. The fourth-order valence-corrected chi connectivity index (χ4v) is 3.70. The summed E-state index contributed by atoms with van der Waals surface area (Å²) < 4.78 is 52.5. The Morgan fingerprint density at radius 1 is 1.03 bits per heavy atom. The Labute approximate surface area is 180 Å². The predicted octanol–water partition coefficient (Wildman–Crippen LogP) is 4.05. The van der Waals surface area contributed by atoms with Crippen LogP contribution in [0.4, 0.5) is 13.2 Å². The molecule has 6 nitrogen and oxygen atoms in total. The number of esters is 1. The molecule has 174 valence electrons. The maximum atomic E-state index is 12.6. The Hall–Kier alpha value is -2.45. The highest BCUT2D eigenvalue weighted by molar-refractivity contribution is 5.85. The number of ether oxygens (including phenoxy) is 3. The molecule has 2 rings (SSSR count). The summed E-state index contributed by atoms with van der Waals surface area (Å²) >= 11 is 0. The summed E-state index contributed by atoms with van der Waals surface area (Å²) in [5.41, 5.74) is 0.942. The molecule has 0 unspecified atom stereocenters. The third kappa shape index (κ3) is 7.95. The Kier molecular flexibility index (Phi) is 9.45. The summed E-state index contributed by atoms with van der Waals surface area (Å²) in [4.78, 5) is 24.7. The summed E-state index contributed by atoms with van der Waals surface area (Å²) in [6.07, 6.45) is -1.81. The lowest BCUT2D eigenvalue weighted by atomic mass is 9.78. The molecule has 0 heterocycles. The quantitative estimate of drug-likeness (QED) is 0.550. The van der Waals surface area contributed by atoms with Crippen LogP contribution in [0.1, 0.15) is 45.1 Å². The Morgan fingerprint density at radius 2 is 1.68 bits per heavy atom. The van der Waals surface area contributed by atoms with Crippen molar-refractivity contribution >= 4 is 11.9 Å². The lowest BCUT2D eigenvalue weighted by molar-refractivity contribution is -0.191. The van der Waals surface area contributed by atoms with E-state index in [1.54, 1.807) is 0 Å². The number of rotatable bonds is 10. The molecule has 9 heteroatoms. The van der Waals surface area contributed by atoms with Crippen LogP contribution < -0.4 is 14.8 Å². The van der Waals surface area contributed by atoms with Gasteiger partial charge in [-0.1, -0.05) is 18.9 Å². The van der Waals surface area contributed by atoms with Gasteiger partial charge in [0.15, 0.2) is 18.1 Å². The molecule has 1 aromatic rings. The van der Waals surface area contributed by atoms with Gasteiger partial charge in [0.25, 0.3) is 0 Å². The Morgan fingerprint density at radius 3 is 2.32 bits per heavy atom. The summed E-state index contributed by atoms with van der Waals surface area (Å²) in [6.45, 7) is 3.48. The van der Waals surface area contributed by atoms with Crippen molar-refractivity contribution in [1.29, 1.82) is 0 Å². The average molecular weight is 445 g/mol. The molecule has 1 aliphatic carbocycles. The van der Waals surface area contributed by atoms with Crippen LogP contribution in [0.5, 0.6) is 11.5 Å². The van der Waals surface area contributed by atoms with E-state index in [0.717, 1.165) is 12.0 Å². The number of benzene rings is 1. The van der Waals surface area contributed by atoms with Gasteiger partial charge in [0.05, 0.1) is 25.0 Å². The smallest absolute Gasteiger partial charge is 0.422 e. The van der Waals surface area contributed by atoms with Crippen LogP contribution >= 0.6 is 0 Å². The minimum Gasteiger partial charge on any atom is -0.490 e. The molecule has 0 radical (unpaired) electrons. The van der Waals surface area contributed by atoms with Crippen LogP contribution in [0, 0.1) is 11.8 Å². The zero-order valence-electron chi connectivity index (χ0n) is 17.9. The van der Waals surface area contributed by atoms with E-state index in [1.807, 2.05) is 32.0 Å². The minimum absolute atomic E-state index is 0.329. The van der Waals surface area contributed by atoms with Crippen molar-refractivity contribution in [1.82, 2.24) is 5.32 Å². The maximum Gasteiger partial charge on any atom is 0.422 e. The van der Waals surface area contributed by atoms with Crippen LogP contribution in [-0.2, 0) is 20.7 Å². The Balaban J connectivity index is 1.91. The normalized spacial score (nSPS) is 18.9. The van der Waals surface area contributed by atoms with Gasteiger partial charge in [0.1, 0.15) is 0 Å². The van der Waals surface area contributed by atoms with E-state index in [1.165, 1.54) is 0 Å². The molecule has 0 aromatic heterocycles. The van der Waals surface area contributed by atoms with Crippen molar-refractivity contribution in [3.05, 3.63) is 23.8 Å². The highest BCUT2D eigenvalue weighted by Gasteiger charge is 2.38. The number of hydrogen-bond acceptors (Lipinski definition) is 5. The molecule has 0 bridgehead atoms. The highest BCUT2D eigenvalue weighted by atomic mass is 19.4. The van der Waals surface area contributed by atoms with Crippen LogP contribution in [0.2, 0.25) is 0 Å². The van der Waals surface area contributed by atoms with Crippen molar-refractivity contribution in [3.8, 4) is 11.5 Å². The van der Waals surface area contributed by atoms with Crippen LogP contribution in [0.15, 0.2) is 18.2 Å². The minimum atomic E-state index is -4.58. The fraction of sp³-hybridized carbons (Fsp3) is 0.636. The maximum absolute atomic E-state index is 12.6. The van der Waals surface area contributed by atoms with Crippen molar-refractivity contribution in [2.24, 2.45) is 11.8 Å². The van der Waals surface area contributed by atoms with Gasteiger partial charge < -0.3 is 19.5 Å². The first-order valence-electron chi connectivity index (χ1n) is 10.6. The second-order valence-electron chi connectivity index (χ2n) is 7.41. The van der Waals surface area contributed by atoms with Gasteiger partial charge in [0, 0.05) is 6.54 Å². The van der Waals surface area contributed by atoms with Gasteiger partial charge in [-0.2, -0.15) is 13.2 Å². The lowest BCUT2D eigenvalue weighted by Crippen LogP contribution is -2.41. The summed E-state index contributed by atoms with van der Waals surface area (Å²) in [5.74, 6) is -1.51. The number of carbonyl (C=O) groups excluding carboxylic acids is 2. The van der Waals surface area contributed by atoms with E-state index >= 15 is 0 Å². The van der Waals surface area contributed by atoms with E-state index in [-0.39, 0.29) is 5.91 Å². The van der Waals surface area contributed by atoms with E-state index in [4.69, 9.17) is 9.47 Å². The monoisotopic (exact) mass is 445 g/mol. The number of carbonyl (C=O) groups is 2. The Bertz CT molecular complexity index is 738. The second kappa shape index (κ2) is 11.8. The first-order valence-corrected chi connectivity index (χ1v) is 10.6. The van der Waals surface area contributed by atoms with Gasteiger partial charge in [-0.25, -0.2) is 0 Å². The molecule has 1 aliphatic rings. The molecular formula is C22H30F3NO5. The summed E-state index contributed by atoms with van der Waals surface area (Å²) in [5, 5.41) is 2.81. The number of amides is 1. The molecule has 1 aromatic carbocycles. The number of hydrogen-bond donors (Lipinski definition) is 1. The number of nitrogens with one attached hydrogen (secondary N) is 1. The summed E-state index contributed by atoms with van der Waals surface area (Å²) in [7, 11) is 0. The zero-order valence-corrected chi connectivity index (χ0v) is 17.9.